The first-order chi connectivity index (χ1) is 9.78. The minimum atomic E-state index is 0.746. The van der Waals surface area contributed by atoms with Gasteiger partial charge in [-0.1, -0.05) is 11.6 Å². The van der Waals surface area contributed by atoms with E-state index in [9.17, 15) is 0 Å². The Morgan fingerprint density at radius 3 is 2.80 bits per heavy atom. The highest BCUT2D eigenvalue weighted by Gasteiger charge is 2.30. The smallest absolute Gasteiger partial charge is 0.0413 e. The van der Waals surface area contributed by atoms with Crippen LogP contribution in [0.25, 0.3) is 0 Å². The Balaban J connectivity index is 1.73. The fourth-order valence-corrected chi connectivity index (χ4v) is 3.75. The van der Waals surface area contributed by atoms with E-state index in [2.05, 4.69) is 27.2 Å². The first-order valence-electron chi connectivity index (χ1n) is 7.70. The molecule has 4 heteroatoms. The molecule has 0 saturated carbocycles. The highest BCUT2D eigenvalue weighted by atomic mass is 35.5. The van der Waals surface area contributed by atoms with Gasteiger partial charge in [0.05, 0.1) is 0 Å². The van der Waals surface area contributed by atoms with E-state index in [1.165, 1.54) is 56.7 Å². The van der Waals surface area contributed by atoms with E-state index in [1.54, 1.807) is 0 Å². The maximum atomic E-state index is 6.14. The number of anilines is 1. The van der Waals surface area contributed by atoms with E-state index in [0.29, 0.717) is 0 Å². The number of rotatable bonds is 4. The van der Waals surface area contributed by atoms with Crippen molar-refractivity contribution in [2.24, 2.45) is 0 Å². The van der Waals surface area contributed by atoms with Crippen molar-refractivity contribution in [1.29, 1.82) is 0 Å². The molecule has 0 spiro atoms. The molecular formula is C16H24ClN3. The van der Waals surface area contributed by atoms with Gasteiger partial charge in [-0.25, -0.2) is 0 Å². The third kappa shape index (κ3) is 2.95. The van der Waals surface area contributed by atoms with Crippen molar-refractivity contribution >= 4 is 17.3 Å². The summed E-state index contributed by atoms with van der Waals surface area (Å²) in [5.74, 6) is 0. The molecule has 1 N–H and O–H groups in total. The Morgan fingerprint density at radius 2 is 2.05 bits per heavy atom. The van der Waals surface area contributed by atoms with Gasteiger partial charge in [-0.15, -0.1) is 0 Å². The summed E-state index contributed by atoms with van der Waals surface area (Å²) in [6.45, 7) is 5.80. The van der Waals surface area contributed by atoms with E-state index in [-0.39, 0.29) is 0 Å². The third-order valence-electron chi connectivity index (χ3n) is 4.57. The van der Waals surface area contributed by atoms with Crippen LogP contribution in [0.3, 0.4) is 0 Å². The Morgan fingerprint density at radius 1 is 1.25 bits per heavy atom. The van der Waals surface area contributed by atoms with Crippen LogP contribution in [0.2, 0.25) is 5.02 Å². The summed E-state index contributed by atoms with van der Waals surface area (Å²) in [5.41, 5.74) is 2.66. The predicted octanol–water partition coefficient (Wildman–Crippen LogP) is 2.73. The lowest BCUT2D eigenvalue weighted by atomic mass is 10.1. The monoisotopic (exact) mass is 293 g/mol. The van der Waals surface area contributed by atoms with Gasteiger partial charge in [0.15, 0.2) is 0 Å². The molecule has 1 aromatic carbocycles. The van der Waals surface area contributed by atoms with Gasteiger partial charge in [-0.05, 0) is 63.2 Å². The molecule has 110 valence electrons. The van der Waals surface area contributed by atoms with Crippen molar-refractivity contribution in [3.8, 4) is 0 Å². The molecule has 3 rings (SSSR count). The average molecular weight is 294 g/mol. The molecule has 0 aromatic heterocycles. The van der Waals surface area contributed by atoms with Crippen molar-refractivity contribution in [3.63, 3.8) is 0 Å². The molecule has 0 bridgehead atoms. The van der Waals surface area contributed by atoms with E-state index < -0.39 is 0 Å². The summed E-state index contributed by atoms with van der Waals surface area (Å²) in [4.78, 5) is 5.21. The van der Waals surface area contributed by atoms with Crippen molar-refractivity contribution in [2.45, 2.75) is 31.8 Å². The van der Waals surface area contributed by atoms with Crippen LogP contribution >= 0.6 is 11.6 Å². The topological polar surface area (TPSA) is 18.5 Å². The summed E-state index contributed by atoms with van der Waals surface area (Å²) >= 11 is 6.14. The van der Waals surface area contributed by atoms with Crippen LogP contribution in [0.1, 0.15) is 24.8 Å². The summed E-state index contributed by atoms with van der Waals surface area (Å²) in [5, 5.41) is 4.07. The molecule has 2 fully saturated rings. The minimum absolute atomic E-state index is 0.746. The SMILES string of the molecule is CNCc1cc(Cl)ccc1N1CCC(N2CCCC2)C1. The number of benzene rings is 1. The second-order valence-corrected chi connectivity index (χ2v) is 6.37. The molecule has 2 aliphatic heterocycles. The standard InChI is InChI=1S/C16H24ClN3/c1-18-11-13-10-14(17)4-5-16(13)20-9-6-15(12-20)19-7-2-3-8-19/h4-5,10,15,18H,2-3,6-9,11-12H2,1H3. The first-order valence-corrected chi connectivity index (χ1v) is 8.08. The molecule has 20 heavy (non-hydrogen) atoms. The number of nitrogens with zero attached hydrogens (tertiary/aromatic N) is 2. The van der Waals surface area contributed by atoms with Gasteiger partial charge in [0.25, 0.3) is 0 Å². The van der Waals surface area contributed by atoms with E-state index in [0.717, 1.165) is 17.6 Å². The highest BCUT2D eigenvalue weighted by molar-refractivity contribution is 6.30. The molecule has 0 radical (unpaired) electrons. The summed E-state index contributed by atoms with van der Waals surface area (Å²) < 4.78 is 0. The lowest BCUT2D eigenvalue weighted by molar-refractivity contribution is 0.260. The average Bonchev–Trinajstić information content (AvgIpc) is 3.10. The van der Waals surface area contributed by atoms with Crippen molar-refractivity contribution in [3.05, 3.63) is 28.8 Å². The molecule has 2 heterocycles. The molecule has 0 amide bonds. The van der Waals surface area contributed by atoms with Gasteiger partial charge in [0.2, 0.25) is 0 Å². The Hall–Kier alpha value is -0.770. The predicted molar refractivity (Wildman–Crippen MR) is 85.6 cm³/mol. The number of hydrogen-bond acceptors (Lipinski definition) is 3. The zero-order chi connectivity index (χ0) is 13.9. The third-order valence-corrected chi connectivity index (χ3v) is 4.80. The molecule has 2 aliphatic rings. The van der Waals surface area contributed by atoms with Crippen LogP contribution in [-0.4, -0.2) is 44.2 Å². The van der Waals surface area contributed by atoms with Crippen LogP contribution in [-0.2, 0) is 6.54 Å². The van der Waals surface area contributed by atoms with Crippen molar-refractivity contribution in [1.82, 2.24) is 10.2 Å². The van der Waals surface area contributed by atoms with Gasteiger partial charge in [0.1, 0.15) is 0 Å². The van der Waals surface area contributed by atoms with Gasteiger partial charge in [-0.3, -0.25) is 4.90 Å². The summed E-state index contributed by atoms with van der Waals surface area (Å²) in [6, 6.07) is 7.03. The lowest BCUT2D eigenvalue weighted by Gasteiger charge is -2.26. The summed E-state index contributed by atoms with van der Waals surface area (Å²) in [6.07, 6.45) is 4.05. The van der Waals surface area contributed by atoms with Crippen molar-refractivity contribution in [2.75, 3.05) is 38.1 Å². The van der Waals surface area contributed by atoms with Crippen LogP contribution < -0.4 is 10.2 Å². The highest BCUT2D eigenvalue weighted by Crippen LogP contribution is 2.29. The quantitative estimate of drug-likeness (QED) is 0.921. The fourth-order valence-electron chi connectivity index (χ4n) is 3.56. The van der Waals surface area contributed by atoms with Crippen molar-refractivity contribution < 1.29 is 0 Å². The molecule has 3 nitrogen and oxygen atoms in total. The molecule has 1 unspecified atom stereocenters. The maximum absolute atomic E-state index is 6.14. The normalized spacial score (nSPS) is 23.7. The molecule has 0 aliphatic carbocycles. The van der Waals surface area contributed by atoms with E-state index in [1.807, 2.05) is 13.1 Å². The van der Waals surface area contributed by atoms with Crippen LogP contribution in [0, 0.1) is 0 Å². The van der Waals surface area contributed by atoms with E-state index >= 15 is 0 Å². The number of hydrogen-bond donors (Lipinski definition) is 1. The zero-order valence-electron chi connectivity index (χ0n) is 12.2. The maximum Gasteiger partial charge on any atom is 0.0413 e. The van der Waals surface area contributed by atoms with Crippen LogP contribution in [0.4, 0.5) is 5.69 Å². The molecule has 1 atom stereocenters. The largest absolute Gasteiger partial charge is 0.370 e. The Bertz CT molecular complexity index is 457. The number of likely N-dealkylation sites (tertiary alicyclic amines) is 1. The Kier molecular flexibility index (Phi) is 4.49. The van der Waals surface area contributed by atoms with Crippen LogP contribution in [0.5, 0.6) is 0 Å². The molecule has 1 aromatic rings. The fraction of sp³-hybridized carbons (Fsp3) is 0.625. The van der Waals surface area contributed by atoms with Gasteiger partial charge >= 0.3 is 0 Å². The lowest BCUT2D eigenvalue weighted by Crippen LogP contribution is -2.35. The van der Waals surface area contributed by atoms with Gasteiger partial charge < -0.3 is 10.2 Å². The first kappa shape index (κ1) is 14.2. The summed E-state index contributed by atoms with van der Waals surface area (Å²) in [7, 11) is 1.99. The van der Waals surface area contributed by atoms with Gasteiger partial charge in [0, 0.05) is 36.4 Å². The zero-order valence-corrected chi connectivity index (χ0v) is 13.0. The molecular weight excluding hydrogens is 270 g/mol. The van der Waals surface area contributed by atoms with Gasteiger partial charge in [-0.2, -0.15) is 0 Å². The molecule has 2 saturated heterocycles. The minimum Gasteiger partial charge on any atom is -0.370 e. The second-order valence-electron chi connectivity index (χ2n) is 5.93. The van der Waals surface area contributed by atoms with Crippen LogP contribution in [0.15, 0.2) is 18.2 Å². The Labute approximate surface area is 126 Å². The number of halogens is 1. The second kappa shape index (κ2) is 6.33. The van der Waals surface area contributed by atoms with E-state index in [4.69, 9.17) is 11.6 Å². The number of nitrogens with one attached hydrogen (secondary N) is 1.